The fourth-order valence-corrected chi connectivity index (χ4v) is 3.22. The van der Waals surface area contributed by atoms with Gasteiger partial charge in [0.1, 0.15) is 16.6 Å². The second-order valence-corrected chi connectivity index (χ2v) is 6.38. The lowest BCUT2D eigenvalue weighted by molar-refractivity contribution is -0.133. The molecule has 0 atom stereocenters. The number of carbonyl (C=O) groups excluding carboxylic acids is 1. The van der Waals surface area contributed by atoms with E-state index in [2.05, 4.69) is 4.98 Å². The molecule has 0 amide bonds. The van der Waals surface area contributed by atoms with Crippen molar-refractivity contribution >= 4 is 17.3 Å². The van der Waals surface area contributed by atoms with Crippen molar-refractivity contribution in [3.05, 3.63) is 70.5 Å². The van der Waals surface area contributed by atoms with Gasteiger partial charge in [-0.2, -0.15) is 0 Å². The molecule has 122 valence electrons. The summed E-state index contributed by atoms with van der Waals surface area (Å²) in [6, 6.07) is 12.0. The molecule has 0 aliphatic rings. The molecule has 0 saturated heterocycles. The molecule has 24 heavy (non-hydrogen) atoms. The van der Waals surface area contributed by atoms with Crippen molar-refractivity contribution in [1.82, 2.24) is 4.98 Å². The second-order valence-electron chi connectivity index (χ2n) is 5.53. The van der Waals surface area contributed by atoms with Gasteiger partial charge in [0, 0.05) is 10.9 Å². The van der Waals surface area contributed by atoms with Gasteiger partial charge in [-0.15, -0.1) is 11.3 Å². The van der Waals surface area contributed by atoms with Crippen LogP contribution < -0.4 is 4.74 Å². The highest BCUT2D eigenvalue weighted by atomic mass is 32.1. The zero-order valence-corrected chi connectivity index (χ0v) is 14.2. The van der Waals surface area contributed by atoms with Gasteiger partial charge in [-0.1, -0.05) is 30.3 Å². The quantitative estimate of drug-likeness (QED) is 0.509. The lowest BCUT2D eigenvalue weighted by Crippen LogP contribution is -2.13. The number of para-hydroxylation sites is 1. The van der Waals surface area contributed by atoms with Gasteiger partial charge in [0.2, 0.25) is 0 Å². The lowest BCUT2D eigenvalue weighted by Gasteiger charge is -2.09. The molecular weight excluding hydrogens is 325 g/mol. The molecule has 3 aromatic rings. The summed E-state index contributed by atoms with van der Waals surface area (Å²) in [6.45, 7) is 3.81. The Balaban J connectivity index is 1.72. The number of benzene rings is 2. The third-order valence-corrected chi connectivity index (χ3v) is 4.51. The third kappa shape index (κ3) is 3.68. The molecule has 2 aromatic carbocycles. The Hall–Kier alpha value is -2.53. The van der Waals surface area contributed by atoms with Crippen molar-refractivity contribution in [2.24, 2.45) is 0 Å². The van der Waals surface area contributed by atoms with Crippen molar-refractivity contribution in [3.8, 4) is 16.3 Å². The number of thiazole rings is 1. The average molecular weight is 341 g/mol. The van der Waals surface area contributed by atoms with Crippen LogP contribution in [0.2, 0.25) is 0 Å². The maximum absolute atomic E-state index is 13.3. The predicted molar refractivity (Wildman–Crippen MR) is 92.8 cm³/mol. The third-order valence-electron chi connectivity index (χ3n) is 3.57. The van der Waals surface area contributed by atoms with E-state index in [4.69, 9.17) is 4.74 Å². The second kappa shape index (κ2) is 6.93. The Morgan fingerprint density at radius 1 is 1.17 bits per heavy atom. The number of esters is 1. The fraction of sp³-hybridized carbons (Fsp3) is 0.158. The summed E-state index contributed by atoms with van der Waals surface area (Å²) < 4.78 is 18.8. The molecular formula is C19H16FNO2S. The average Bonchev–Trinajstić information content (AvgIpc) is 2.99. The van der Waals surface area contributed by atoms with E-state index in [0.717, 1.165) is 11.1 Å². The van der Waals surface area contributed by atoms with E-state index in [1.54, 1.807) is 17.5 Å². The van der Waals surface area contributed by atoms with Gasteiger partial charge < -0.3 is 4.74 Å². The Bertz CT molecular complexity index is 868. The summed E-state index contributed by atoms with van der Waals surface area (Å²) in [6.07, 6.45) is 0.0829. The first-order valence-corrected chi connectivity index (χ1v) is 8.38. The first-order chi connectivity index (χ1) is 11.5. The standard InChI is InChI=1S/C19H16FNO2S/c1-12-5-3-6-13(2)18(12)23-17(22)10-16-11-24-19(21-16)14-7-4-8-15(20)9-14/h3-9,11H,10H2,1-2H3. The zero-order valence-electron chi connectivity index (χ0n) is 13.4. The molecule has 1 heterocycles. The smallest absolute Gasteiger partial charge is 0.317 e. The summed E-state index contributed by atoms with van der Waals surface area (Å²) in [5.41, 5.74) is 3.16. The van der Waals surface area contributed by atoms with Crippen molar-refractivity contribution in [2.75, 3.05) is 0 Å². The van der Waals surface area contributed by atoms with Crippen LogP contribution in [0, 0.1) is 19.7 Å². The molecule has 3 nitrogen and oxygen atoms in total. The van der Waals surface area contributed by atoms with Crippen LogP contribution in [0.25, 0.3) is 10.6 Å². The van der Waals surface area contributed by atoms with Crippen LogP contribution in [0.15, 0.2) is 47.8 Å². The summed E-state index contributed by atoms with van der Waals surface area (Å²) in [4.78, 5) is 16.6. The number of carbonyl (C=O) groups is 1. The van der Waals surface area contributed by atoms with Crippen molar-refractivity contribution < 1.29 is 13.9 Å². The van der Waals surface area contributed by atoms with Crippen LogP contribution in [0.4, 0.5) is 4.39 Å². The summed E-state index contributed by atoms with van der Waals surface area (Å²) in [5, 5.41) is 2.48. The minimum absolute atomic E-state index is 0.0829. The van der Waals surface area contributed by atoms with Gasteiger partial charge in [0.25, 0.3) is 0 Å². The highest BCUT2D eigenvalue weighted by Gasteiger charge is 2.13. The highest BCUT2D eigenvalue weighted by Crippen LogP contribution is 2.26. The molecule has 0 aliphatic heterocycles. The van der Waals surface area contributed by atoms with Crippen molar-refractivity contribution in [2.45, 2.75) is 20.3 Å². The van der Waals surface area contributed by atoms with E-state index in [0.29, 0.717) is 22.0 Å². The first kappa shape index (κ1) is 16.3. The number of aryl methyl sites for hydroxylation is 2. The molecule has 0 fully saturated rings. The van der Waals surface area contributed by atoms with Crippen LogP contribution in [-0.2, 0) is 11.2 Å². The Morgan fingerprint density at radius 2 is 1.88 bits per heavy atom. The number of rotatable bonds is 4. The molecule has 0 radical (unpaired) electrons. The number of hydrogen-bond donors (Lipinski definition) is 0. The van der Waals surface area contributed by atoms with Crippen LogP contribution in [0.5, 0.6) is 5.75 Å². The Morgan fingerprint density at radius 3 is 2.58 bits per heavy atom. The van der Waals surface area contributed by atoms with Crippen LogP contribution >= 0.6 is 11.3 Å². The minimum Gasteiger partial charge on any atom is -0.426 e. The lowest BCUT2D eigenvalue weighted by atomic mass is 10.1. The number of hydrogen-bond acceptors (Lipinski definition) is 4. The number of halogens is 1. The van der Waals surface area contributed by atoms with Crippen LogP contribution in [0.3, 0.4) is 0 Å². The molecule has 0 unspecified atom stereocenters. The SMILES string of the molecule is Cc1cccc(C)c1OC(=O)Cc1csc(-c2cccc(F)c2)n1. The highest BCUT2D eigenvalue weighted by molar-refractivity contribution is 7.13. The molecule has 0 saturated carbocycles. The monoisotopic (exact) mass is 341 g/mol. The van der Waals surface area contributed by atoms with E-state index >= 15 is 0 Å². The molecule has 3 rings (SSSR count). The van der Waals surface area contributed by atoms with Crippen molar-refractivity contribution in [3.63, 3.8) is 0 Å². The van der Waals surface area contributed by atoms with Gasteiger partial charge in [0.05, 0.1) is 12.1 Å². The molecule has 0 N–H and O–H groups in total. The molecule has 0 bridgehead atoms. The van der Waals surface area contributed by atoms with Crippen molar-refractivity contribution in [1.29, 1.82) is 0 Å². The van der Waals surface area contributed by atoms with Gasteiger partial charge in [-0.3, -0.25) is 4.79 Å². The van der Waals surface area contributed by atoms with Gasteiger partial charge in [0.15, 0.2) is 0 Å². The van der Waals surface area contributed by atoms with Crippen LogP contribution in [-0.4, -0.2) is 11.0 Å². The normalized spacial score (nSPS) is 10.6. The zero-order chi connectivity index (χ0) is 17.1. The Kier molecular flexibility index (Phi) is 4.71. The summed E-state index contributed by atoms with van der Waals surface area (Å²) >= 11 is 1.38. The first-order valence-electron chi connectivity index (χ1n) is 7.50. The largest absolute Gasteiger partial charge is 0.426 e. The molecule has 0 aliphatic carbocycles. The fourth-order valence-electron chi connectivity index (χ4n) is 2.40. The number of aromatic nitrogens is 1. The molecule has 5 heteroatoms. The van der Waals surface area contributed by atoms with E-state index in [9.17, 15) is 9.18 Å². The van der Waals surface area contributed by atoms with Crippen LogP contribution in [0.1, 0.15) is 16.8 Å². The maximum atomic E-state index is 13.3. The predicted octanol–water partition coefficient (Wildman–Crippen LogP) is 4.71. The Labute approximate surface area is 143 Å². The number of ether oxygens (including phenoxy) is 1. The van der Waals surface area contributed by atoms with E-state index in [-0.39, 0.29) is 18.2 Å². The van der Waals surface area contributed by atoms with Gasteiger partial charge in [-0.05, 0) is 37.1 Å². The van der Waals surface area contributed by atoms with E-state index in [1.165, 1.54) is 23.5 Å². The van der Waals surface area contributed by atoms with E-state index in [1.807, 2.05) is 32.0 Å². The number of nitrogens with zero attached hydrogens (tertiary/aromatic N) is 1. The summed E-state index contributed by atoms with van der Waals surface area (Å²) in [5.74, 6) is -0.0646. The summed E-state index contributed by atoms with van der Waals surface area (Å²) in [7, 11) is 0. The maximum Gasteiger partial charge on any atom is 0.317 e. The molecule has 1 aromatic heterocycles. The molecule has 0 spiro atoms. The van der Waals surface area contributed by atoms with Gasteiger partial charge in [-0.25, -0.2) is 9.37 Å². The van der Waals surface area contributed by atoms with E-state index < -0.39 is 0 Å². The van der Waals surface area contributed by atoms with Gasteiger partial charge >= 0.3 is 5.97 Å². The topological polar surface area (TPSA) is 39.2 Å². The minimum atomic E-state index is -0.358.